The molecule has 1 N–H and O–H groups in total. The van der Waals surface area contributed by atoms with Gasteiger partial charge in [-0.1, -0.05) is 0 Å². The third-order valence-corrected chi connectivity index (χ3v) is 3.21. The number of ether oxygens (including phenoxy) is 1. The van der Waals surface area contributed by atoms with Gasteiger partial charge < -0.3 is 10.1 Å². The summed E-state index contributed by atoms with van der Waals surface area (Å²) in [6.07, 6.45) is 3.07. The first kappa shape index (κ1) is 10.9. The van der Waals surface area contributed by atoms with Crippen LogP contribution in [0.25, 0.3) is 0 Å². The van der Waals surface area contributed by atoms with Crippen LogP contribution < -0.4 is 5.32 Å². The number of thioether (sulfide) groups is 1. The predicted octanol–water partition coefficient (Wildman–Crippen LogP) is 1.03. The van der Waals surface area contributed by atoms with Gasteiger partial charge in [0.05, 0.1) is 18.0 Å². The molecule has 0 aliphatic carbocycles. The van der Waals surface area contributed by atoms with Gasteiger partial charge in [-0.05, 0) is 19.8 Å². The monoisotopic (exact) mass is 203 g/mol. The maximum absolute atomic E-state index is 10.9. The lowest BCUT2D eigenvalue weighted by Gasteiger charge is -2.09. The molecular formula is C9H17NO2S. The summed E-state index contributed by atoms with van der Waals surface area (Å²) in [5.74, 6) is 1.58. The van der Waals surface area contributed by atoms with Crippen molar-refractivity contribution in [3.05, 3.63) is 0 Å². The Labute approximate surface area is 83.6 Å². The Bertz CT molecular complexity index is 175. The summed E-state index contributed by atoms with van der Waals surface area (Å²) in [5.41, 5.74) is 0. The van der Waals surface area contributed by atoms with Gasteiger partial charge in [0.15, 0.2) is 0 Å². The molecule has 0 aromatic carbocycles. The van der Waals surface area contributed by atoms with Gasteiger partial charge in [0.25, 0.3) is 0 Å². The smallest absolute Gasteiger partial charge is 0.229 e. The van der Waals surface area contributed by atoms with Crippen molar-refractivity contribution in [2.24, 2.45) is 0 Å². The van der Waals surface area contributed by atoms with Gasteiger partial charge in [0.1, 0.15) is 0 Å². The fourth-order valence-corrected chi connectivity index (χ4v) is 2.32. The van der Waals surface area contributed by atoms with E-state index in [1.54, 1.807) is 18.8 Å². The van der Waals surface area contributed by atoms with E-state index in [4.69, 9.17) is 4.74 Å². The molecule has 0 bridgehead atoms. The van der Waals surface area contributed by atoms with Crippen LogP contribution in [0.15, 0.2) is 0 Å². The second-order valence-electron chi connectivity index (χ2n) is 3.33. The summed E-state index contributed by atoms with van der Waals surface area (Å²) in [7, 11) is 1.66. The van der Waals surface area contributed by atoms with Crippen molar-refractivity contribution < 1.29 is 9.53 Å². The molecule has 0 spiro atoms. The summed E-state index contributed by atoms with van der Waals surface area (Å²) in [5, 5.41) is 2.60. The van der Waals surface area contributed by atoms with Gasteiger partial charge >= 0.3 is 0 Å². The molecule has 1 heterocycles. The number of hydrogen-bond donors (Lipinski definition) is 1. The van der Waals surface area contributed by atoms with Crippen LogP contribution in [0.2, 0.25) is 0 Å². The van der Waals surface area contributed by atoms with Gasteiger partial charge in [0.2, 0.25) is 5.91 Å². The van der Waals surface area contributed by atoms with Crippen molar-refractivity contribution in [1.82, 2.24) is 5.32 Å². The Morgan fingerprint density at radius 1 is 1.62 bits per heavy atom. The van der Waals surface area contributed by atoms with E-state index in [1.165, 1.54) is 0 Å². The second-order valence-corrected chi connectivity index (χ2v) is 4.36. The lowest BCUT2D eigenvalue weighted by Crippen LogP contribution is -2.21. The van der Waals surface area contributed by atoms with Crippen LogP contribution in [-0.4, -0.2) is 36.7 Å². The molecule has 4 heteroatoms. The average molecular weight is 203 g/mol. The van der Waals surface area contributed by atoms with Crippen molar-refractivity contribution in [3.63, 3.8) is 0 Å². The zero-order valence-electron chi connectivity index (χ0n) is 8.21. The Morgan fingerprint density at radius 2 is 2.38 bits per heavy atom. The van der Waals surface area contributed by atoms with Crippen LogP contribution >= 0.6 is 11.8 Å². The zero-order chi connectivity index (χ0) is 9.68. The molecule has 0 saturated carbocycles. The van der Waals surface area contributed by atoms with Gasteiger partial charge in [-0.25, -0.2) is 0 Å². The molecule has 0 aromatic heterocycles. The quantitative estimate of drug-likeness (QED) is 0.741. The van der Waals surface area contributed by atoms with Crippen LogP contribution in [0.3, 0.4) is 0 Å². The standard InChI is InChI=1S/C9H17NO2S/c1-7-3-4-8(12-7)5-13-6-9(11)10-2/h7-8H,3-6H2,1-2H3,(H,10,11). The van der Waals surface area contributed by atoms with Crippen molar-refractivity contribution in [3.8, 4) is 0 Å². The van der Waals surface area contributed by atoms with Crippen LogP contribution in [0.1, 0.15) is 19.8 Å². The van der Waals surface area contributed by atoms with Crippen LogP contribution in [0, 0.1) is 0 Å². The van der Waals surface area contributed by atoms with E-state index < -0.39 is 0 Å². The molecule has 1 saturated heterocycles. The fraction of sp³-hybridized carbons (Fsp3) is 0.889. The number of amides is 1. The SMILES string of the molecule is CNC(=O)CSCC1CCC(C)O1. The normalized spacial score (nSPS) is 27.5. The summed E-state index contributed by atoms with van der Waals surface area (Å²) in [6, 6.07) is 0. The predicted molar refractivity (Wildman–Crippen MR) is 55.0 cm³/mol. The lowest BCUT2D eigenvalue weighted by atomic mass is 10.2. The molecule has 13 heavy (non-hydrogen) atoms. The van der Waals surface area contributed by atoms with Gasteiger partial charge in [-0.15, -0.1) is 11.8 Å². The van der Waals surface area contributed by atoms with Crippen LogP contribution in [0.4, 0.5) is 0 Å². The van der Waals surface area contributed by atoms with E-state index in [0.717, 1.165) is 18.6 Å². The van der Waals surface area contributed by atoms with Crippen LogP contribution in [-0.2, 0) is 9.53 Å². The number of hydrogen-bond acceptors (Lipinski definition) is 3. The molecule has 3 nitrogen and oxygen atoms in total. The molecule has 0 aromatic rings. The first-order valence-corrected chi connectivity index (χ1v) is 5.81. The summed E-state index contributed by atoms with van der Waals surface area (Å²) in [6.45, 7) is 2.10. The van der Waals surface area contributed by atoms with Gasteiger partial charge in [-0.2, -0.15) is 0 Å². The summed E-state index contributed by atoms with van der Waals surface area (Å²) in [4.78, 5) is 10.9. The van der Waals surface area contributed by atoms with Crippen LogP contribution in [0.5, 0.6) is 0 Å². The van der Waals surface area contributed by atoms with Crippen molar-refractivity contribution >= 4 is 17.7 Å². The number of nitrogens with one attached hydrogen (secondary N) is 1. The Morgan fingerprint density at radius 3 is 2.92 bits per heavy atom. The Hall–Kier alpha value is -0.220. The topological polar surface area (TPSA) is 38.3 Å². The first-order valence-electron chi connectivity index (χ1n) is 4.66. The van der Waals surface area contributed by atoms with E-state index in [2.05, 4.69) is 12.2 Å². The minimum absolute atomic E-state index is 0.0936. The number of carbonyl (C=O) groups excluding carboxylic acids is 1. The molecule has 1 fully saturated rings. The molecule has 2 unspecified atom stereocenters. The maximum Gasteiger partial charge on any atom is 0.229 e. The van der Waals surface area contributed by atoms with E-state index in [0.29, 0.717) is 18.0 Å². The van der Waals surface area contributed by atoms with Gasteiger partial charge in [-0.3, -0.25) is 4.79 Å². The number of rotatable bonds is 4. The molecule has 2 atom stereocenters. The molecule has 76 valence electrons. The van der Waals surface area contributed by atoms with Gasteiger partial charge in [0, 0.05) is 12.8 Å². The highest BCUT2D eigenvalue weighted by Crippen LogP contribution is 2.21. The molecular weight excluding hydrogens is 186 g/mol. The Balaban J connectivity index is 2.03. The molecule has 1 aliphatic rings. The summed E-state index contributed by atoms with van der Waals surface area (Å²) >= 11 is 1.65. The maximum atomic E-state index is 10.9. The minimum atomic E-state index is 0.0936. The largest absolute Gasteiger partial charge is 0.374 e. The summed E-state index contributed by atoms with van der Waals surface area (Å²) < 4.78 is 5.62. The van der Waals surface area contributed by atoms with E-state index in [9.17, 15) is 4.79 Å². The fourth-order valence-electron chi connectivity index (χ4n) is 1.36. The van der Waals surface area contributed by atoms with Crippen molar-refractivity contribution in [2.75, 3.05) is 18.6 Å². The van der Waals surface area contributed by atoms with E-state index in [-0.39, 0.29) is 5.91 Å². The second kappa shape index (κ2) is 5.50. The third kappa shape index (κ3) is 4.00. The molecule has 0 radical (unpaired) electrons. The Kier molecular flexibility index (Phi) is 4.59. The third-order valence-electron chi connectivity index (χ3n) is 2.14. The lowest BCUT2D eigenvalue weighted by molar-refractivity contribution is -0.118. The number of carbonyl (C=O) groups is 1. The highest BCUT2D eigenvalue weighted by molar-refractivity contribution is 7.99. The average Bonchev–Trinajstić information content (AvgIpc) is 2.51. The van der Waals surface area contributed by atoms with E-state index >= 15 is 0 Å². The van der Waals surface area contributed by atoms with E-state index in [1.807, 2.05) is 0 Å². The highest BCUT2D eigenvalue weighted by Gasteiger charge is 2.21. The zero-order valence-corrected chi connectivity index (χ0v) is 9.02. The minimum Gasteiger partial charge on any atom is -0.374 e. The van der Waals surface area contributed by atoms with Crippen molar-refractivity contribution in [2.45, 2.75) is 32.0 Å². The molecule has 1 aliphatic heterocycles. The van der Waals surface area contributed by atoms with Crippen molar-refractivity contribution in [1.29, 1.82) is 0 Å². The first-order chi connectivity index (χ1) is 6.22. The highest BCUT2D eigenvalue weighted by atomic mass is 32.2. The molecule has 1 amide bonds. The molecule has 1 rings (SSSR count).